The fourth-order valence-corrected chi connectivity index (χ4v) is 4.68. The largest absolute Gasteiger partial charge is 0.348 e. The zero-order valence-corrected chi connectivity index (χ0v) is 19.1. The summed E-state index contributed by atoms with van der Waals surface area (Å²) < 4.78 is 0. The van der Waals surface area contributed by atoms with E-state index in [0.717, 1.165) is 56.7 Å². The minimum absolute atomic E-state index is 0.124. The fourth-order valence-electron chi connectivity index (χ4n) is 4.68. The number of carbonyl (C=O) groups is 2. The number of amides is 2. The summed E-state index contributed by atoms with van der Waals surface area (Å²) >= 11 is 0. The number of hydrogen-bond acceptors (Lipinski definition) is 5. The average molecular weight is 436 g/mol. The van der Waals surface area contributed by atoms with Crippen LogP contribution < -0.4 is 5.32 Å². The first-order chi connectivity index (χ1) is 15.5. The predicted octanol–water partition coefficient (Wildman–Crippen LogP) is 2.76. The Labute approximate surface area is 190 Å². The van der Waals surface area contributed by atoms with Crippen LogP contribution in [0.2, 0.25) is 0 Å². The van der Waals surface area contributed by atoms with Crippen LogP contribution in [0.15, 0.2) is 36.5 Å². The lowest BCUT2D eigenvalue weighted by molar-refractivity contribution is -0.138. The number of nitrogens with zero attached hydrogens (tertiary/aromatic N) is 4. The summed E-state index contributed by atoms with van der Waals surface area (Å²) in [7, 11) is 2.11. The number of aryl methyl sites for hydroxylation is 1. The highest BCUT2D eigenvalue weighted by Gasteiger charge is 2.32. The monoisotopic (exact) mass is 435 g/mol. The van der Waals surface area contributed by atoms with Crippen LogP contribution >= 0.6 is 0 Å². The molecule has 0 aliphatic carbocycles. The van der Waals surface area contributed by atoms with Gasteiger partial charge < -0.3 is 15.1 Å². The van der Waals surface area contributed by atoms with Gasteiger partial charge in [0.25, 0.3) is 5.91 Å². The molecule has 2 amide bonds. The van der Waals surface area contributed by atoms with Crippen molar-refractivity contribution in [2.75, 3.05) is 33.2 Å². The molecule has 1 aromatic carbocycles. The van der Waals surface area contributed by atoms with Crippen molar-refractivity contribution in [1.82, 2.24) is 25.1 Å². The van der Waals surface area contributed by atoms with Crippen LogP contribution in [0.5, 0.6) is 0 Å². The SMILES string of the molecule is Cc1nc([C@H]2CCCN(C(=O)C3CCN(C)CC3)C2)ncc1C(=O)NCc1ccccc1. The third-order valence-electron chi connectivity index (χ3n) is 6.70. The number of rotatable bonds is 5. The Morgan fingerprint density at radius 2 is 1.84 bits per heavy atom. The number of hydrogen-bond donors (Lipinski definition) is 1. The maximum absolute atomic E-state index is 13.0. The van der Waals surface area contributed by atoms with Crippen molar-refractivity contribution in [1.29, 1.82) is 0 Å². The molecule has 1 atom stereocenters. The third-order valence-corrected chi connectivity index (χ3v) is 6.70. The number of aromatic nitrogens is 2. The molecule has 170 valence electrons. The fraction of sp³-hybridized carbons (Fsp3) is 0.520. The smallest absolute Gasteiger partial charge is 0.254 e. The normalized spacial score (nSPS) is 20.2. The highest BCUT2D eigenvalue weighted by Crippen LogP contribution is 2.28. The topological polar surface area (TPSA) is 78.4 Å². The first kappa shape index (κ1) is 22.4. The van der Waals surface area contributed by atoms with Crippen LogP contribution in [0.1, 0.15) is 59.0 Å². The quantitative estimate of drug-likeness (QED) is 0.781. The van der Waals surface area contributed by atoms with Crippen LogP contribution in [0.25, 0.3) is 0 Å². The summed E-state index contributed by atoms with van der Waals surface area (Å²) in [5, 5.41) is 2.94. The van der Waals surface area contributed by atoms with Crippen molar-refractivity contribution in [3.05, 3.63) is 59.2 Å². The van der Waals surface area contributed by atoms with Gasteiger partial charge in [-0.05, 0) is 58.3 Å². The van der Waals surface area contributed by atoms with E-state index in [1.807, 2.05) is 42.2 Å². The van der Waals surface area contributed by atoms with Gasteiger partial charge in [0.1, 0.15) is 5.82 Å². The molecule has 2 aliphatic rings. The molecule has 2 fully saturated rings. The van der Waals surface area contributed by atoms with Crippen molar-refractivity contribution in [3.8, 4) is 0 Å². The van der Waals surface area contributed by atoms with Gasteiger partial charge in [0.15, 0.2) is 0 Å². The number of benzene rings is 1. The number of likely N-dealkylation sites (tertiary alicyclic amines) is 2. The van der Waals surface area contributed by atoms with E-state index in [1.54, 1.807) is 6.20 Å². The molecule has 0 radical (unpaired) electrons. The Hall–Kier alpha value is -2.80. The first-order valence-electron chi connectivity index (χ1n) is 11.6. The Morgan fingerprint density at radius 1 is 1.09 bits per heavy atom. The Bertz CT molecular complexity index is 941. The van der Waals surface area contributed by atoms with E-state index in [1.165, 1.54) is 0 Å². The van der Waals surface area contributed by atoms with Gasteiger partial charge >= 0.3 is 0 Å². The lowest BCUT2D eigenvalue weighted by atomic mass is 9.92. The van der Waals surface area contributed by atoms with Gasteiger partial charge in [-0.25, -0.2) is 9.97 Å². The van der Waals surface area contributed by atoms with Gasteiger partial charge in [-0.2, -0.15) is 0 Å². The Morgan fingerprint density at radius 3 is 2.56 bits per heavy atom. The van der Waals surface area contributed by atoms with Crippen LogP contribution in [-0.4, -0.2) is 64.8 Å². The van der Waals surface area contributed by atoms with E-state index >= 15 is 0 Å². The average Bonchev–Trinajstić information content (AvgIpc) is 2.83. The highest BCUT2D eigenvalue weighted by molar-refractivity contribution is 5.94. The zero-order valence-electron chi connectivity index (χ0n) is 19.1. The maximum Gasteiger partial charge on any atom is 0.254 e. The predicted molar refractivity (Wildman–Crippen MR) is 123 cm³/mol. The second-order valence-corrected chi connectivity index (χ2v) is 9.10. The number of piperidine rings is 2. The molecule has 0 spiro atoms. The molecule has 0 saturated carbocycles. The molecular formula is C25H33N5O2. The van der Waals surface area contributed by atoms with Crippen molar-refractivity contribution >= 4 is 11.8 Å². The van der Waals surface area contributed by atoms with Crippen LogP contribution in [-0.2, 0) is 11.3 Å². The number of carbonyl (C=O) groups excluding carboxylic acids is 2. The second kappa shape index (κ2) is 10.2. The molecule has 7 heteroatoms. The lowest BCUT2D eigenvalue weighted by Gasteiger charge is -2.36. The first-order valence-corrected chi connectivity index (χ1v) is 11.6. The molecule has 0 unspecified atom stereocenters. The van der Waals surface area contributed by atoms with Gasteiger partial charge in [-0.3, -0.25) is 9.59 Å². The molecular weight excluding hydrogens is 402 g/mol. The molecule has 1 aromatic heterocycles. The number of nitrogens with one attached hydrogen (secondary N) is 1. The van der Waals surface area contributed by atoms with E-state index in [-0.39, 0.29) is 23.7 Å². The van der Waals surface area contributed by atoms with Crippen LogP contribution in [0, 0.1) is 12.8 Å². The van der Waals surface area contributed by atoms with E-state index in [2.05, 4.69) is 27.2 Å². The summed E-state index contributed by atoms with van der Waals surface area (Å²) in [6.45, 7) is 5.79. The van der Waals surface area contributed by atoms with Crippen molar-refractivity contribution in [2.24, 2.45) is 5.92 Å². The molecule has 1 N–H and O–H groups in total. The van der Waals surface area contributed by atoms with E-state index in [9.17, 15) is 9.59 Å². The summed E-state index contributed by atoms with van der Waals surface area (Å²) in [4.78, 5) is 39.2. The molecule has 0 bridgehead atoms. The zero-order chi connectivity index (χ0) is 22.5. The van der Waals surface area contributed by atoms with Gasteiger partial charge in [0.2, 0.25) is 5.91 Å². The molecule has 7 nitrogen and oxygen atoms in total. The molecule has 4 rings (SSSR count). The second-order valence-electron chi connectivity index (χ2n) is 9.10. The van der Waals surface area contributed by atoms with Crippen LogP contribution in [0.3, 0.4) is 0 Å². The van der Waals surface area contributed by atoms with E-state index < -0.39 is 0 Å². The Balaban J connectivity index is 1.37. The summed E-state index contributed by atoms with van der Waals surface area (Å²) in [6.07, 6.45) is 5.45. The van der Waals surface area contributed by atoms with Gasteiger partial charge in [0, 0.05) is 37.7 Å². The third kappa shape index (κ3) is 5.33. The van der Waals surface area contributed by atoms with Gasteiger partial charge in [-0.15, -0.1) is 0 Å². The van der Waals surface area contributed by atoms with Crippen LogP contribution in [0.4, 0.5) is 0 Å². The molecule has 2 aliphatic heterocycles. The molecule has 3 heterocycles. The minimum atomic E-state index is -0.166. The Kier molecular flexibility index (Phi) is 7.15. The molecule has 32 heavy (non-hydrogen) atoms. The maximum atomic E-state index is 13.0. The van der Waals surface area contributed by atoms with Crippen molar-refractivity contribution in [3.63, 3.8) is 0 Å². The van der Waals surface area contributed by atoms with Crippen molar-refractivity contribution < 1.29 is 9.59 Å². The standard InChI is InChI=1S/C25H33N5O2/c1-18-22(24(31)27-15-19-7-4-3-5-8-19)16-26-23(28-18)21-9-6-12-30(17-21)25(32)20-10-13-29(2)14-11-20/h3-5,7-8,16,20-21H,6,9-15,17H2,1-2H3,(H,27,31)/t21-/m0/s1. The van der Waals surface area contributed by atoms with Crippen molar-refractivity contribution in [2.45, 2.75) is 45.1 Å². The van der Waals surface area contributed by atoms with Gasteiger partial charge in [0.05, 0.1) is 11.3 Å². The molecule has 2 aromatic rings. The molecule has 2 saturated heterocycles. The lowest BCUT2D eigenvalue weighted by Crippen LogP contribution is -2.45. The summed E-state index contributed by atoms with van der Waals surface area (Å²) in [6, 6.07) is 9.82. The summed E-state index contributed by atoms with van der Waals surface area (Å²) in [5.74, 6) is 1.13. The highest BCUT2D eigenvalue weighted by atomic mass is 16.2. The minimum Gasteiger partial charge on any atom is -0.348 e. The summed E-state index contributed by atoms with van der Waals surface area (Å²) in [5.41, 5.74) is 2.23. The van der Waals surface area contributed by atoms with E-state index in [0.29, 0.717) is 24.3 Å². The van der Waals surface area contributed by atoms with E-state index in [4.69, 9.17) is 0 Å². The van der Waals surface area contributed by atoms with Gasteiger partial charge in [-0.1, -0.05) is 30.3 Å².